The summed E-state index contributed by atoms with van der Waals surface area (Å²) in [6, 6.07) is 1.69. The van der Waals surface area contributed by atoms with Crippen LogP contribution in [0.15, 0.2) is 10.9 Å². The van der Waals surface area contributed by atoms with Gasteiger partial charge in [-0.3, -0.25) is 15.0 Å². The van der Waals surface area contributed by atoms with Crippen LogP contribution in [0.4, 0.5) is 0 Å². The Hall–Kier alpha value is -1.66. The summed E-state index contributed by atoms with van der Waals surface area (Å²) in [5.41, 5.74) is 4.06. The molecular formula is C14H19N3O3. The van der Waals surface area contributed by atoms with Crippen LogP contribution in [-0.2, 0) is 24.1 Å². The molecule has 1 atom stereocenters. The van der Waals surface area contributed by atoms with Gasteiger partial charge in [0.05, 0.1) is 12.6 Å². The molecule has 3 rings (SSSR count). The van der Waals surface area contributed by atoms with Gasteiger partial charge >= 0.3 is 0 Å². The van der Waals surface area contributed by atoms with E-state index in [2.05, 4.69) is 5.43 Å². The fraction of sp³-hybridized carbons (Fsp3) is 0.571. The standard InChI is InChI=1S/C14H19N3O3/c15-16-13(18)11-7-9-3-1-5-12(9)17(14(11)19)8-10-4-2-6-20-10/h7,10H,1-6,8,15H2,(H,16,18). The molecule has 2 heterocycles. The van der Waals surface area contributed by atoms with Gasteiger partial charge in [-0.25, -0.2) is 5.84 Å². The monoisotopic (exact) mass is 277 g/mol. The van der Waals surface area contributed by atoms with Gasteiger partial charge in [0.2, 0.25) is 0 Å². The van der Waals surface area contributed by atoms with Crippen LogP contribution < -0.4 is 16.8 Å². The maximum absolute atomic E-state index is 12.5. The SMILES string of the molecule is NNC(=O)c1cc2c(n(CC3CCCO3)c1=O)CCC2. The Bertz CT molecular complexity index is 588. The molecule has 1 saturated heterocycles. The van der Waals surface area contributed by atoms with E-state index in [1.807, 2.05) is 0 Å². The van der Waals surface area contributed by atoms with E-state index in [0.29, 0.717) is 6.54 Å². The fourth-order valence-corrected chi connectivity index (χ4v) is 3.14. The van der Waals surface area contributed by atoms with Crippen LogP contribution in [0.2, 0.25) is 0 Å². The second-order valence-corrected chi connectivity index (χ2v) is 5.41. The largest absolute Gasteiger partial charge is 0.376 e. The van der Waals surface area contributed by atoms with Crippen LogP contribution in [0.5, 0.6) is 0 Å². The predicted molar refractivity (Wildman–Crippen MR) is 73.4 cm³/mol. The zero-order valence-corrected chi connectivity index (χ0v) is 11.4. The number of rotatable bonds is 3. The summed E-state index contributed by atoms with van der Waals surface area (Å²) in [5, 5.41) is 0. The first-order valence-corrected chi connectivity index (χ1v) is 7.09. The Balaban J connectivity index is 2.04. The maximum Gasteiger partial charge on any atom is 0.270 e. The third-order valence-electron chi connectivity index (χ3n) is 4.14. The van der Waals surface area contributed by atoms with E-state index < -0.39 is 5.91 Å². The highest BCUT2D eigenvalue weighted by Gasteiger charge is 2.25. The second kappa shape index (κ2) is 5.38. The quantitative estimate of drug-likeness (QED) is 0.467. The molecule has 0 radical (unpaired) electrons. The van der Waals surface area contributed by atoms with Crippen LogP contribution in [0, 0.1) is 0 Å². The van der Waals surface area contributed by atoms with E-state index >= 15 is 0 Å². The van der Waals surface area contributed by atoms with Crippen molar-refractivity contribution in [2.45, 2.75) is 44.8 Å². The third kappa shape index (κ3) is 2.25. The molecule has 1 unspecified atom stereocenters. The zero-order chi connectivity index (χ0) is 14.1. The summed E-state index contributed by atoms with van der Waals surface area (Å²) in [5.74, 6) is 4.64. The number of nitrogens with zero attached hydrogens (tertiary/aromatic N) is 1. The average molecular weight is 277 g/mol. The molecule has 1 fully saturated rings. The summed E-state index contributed by atoms with van der Waals surface area (Å²) in [4.78, 5) is 24.3. The van der Waals surface area contributed by atoms with Gasteiger partial charge < -0.3 is 9.30 Å². The van der Waals surface area contributed by atoms with Crippen molar-refractivity contribution in [3.63, 3.8) is 0 Å². The first kappa shape index (κ1) is 13.3. The van der Waals surface area contributed by atoms with Crippen molar-refractivity contribution in [1.82, 2.24) is 9.99 Å². The van der Waals surface area contributed by atoms with Crippen molar-refractivity contribution in [2.24, 2.45) is 5.84 Å². The number of pyridine rings is 1. The van der Waals surface area contributed by atoms with E-state index in [1.54, 1.807) is 10.6 Å². The van der Waals surface area contributed by atoms with Crippen LogP contribution in [0.1, 0.15) is 40.9 Å². The lowest BCUT2D eigenvalue weighted by Gasteiger charge is -2.17. The summed E-state index contributed by atoms with van der Waals surface area (Å²) < 4.78 is 7.34. The number of nitrogens with two attached hydrogens (primary N) is 1. The highest BCUT2D eigenvalue weighted by atomic mass is 16.5. The Morgan fingerprint density at radius 3 is 3.00 bits per heavy atom. The molecule has 0 spiro atoms. The number of nitrogen functional groups attached to an aromatic ring is 1. The molecule has 1 aromatic heterocycles. The normalized spacial score (nSPS) is 20.9. The van der Waals surface area contributed by atoms with Crippen LogP contribution in [-0.4, -0.2) is 23.2 Å². The molecule has 20 heavy (non-hydrogen) atoms. The molecule has 0 saturated carbocycles. The van der Waals surface area contributed by atoms with Crippen molar-refractivity contribution >= 4 is 5.91 Å². The van der Waals surface area contributed by atoms with Gasteiger partial charge in [0.25, 0.3) is 11.5 Å². The van der Waals surface area contributed by atoms with Gasteiger partial charge in [0.15, 0.2) is 0 Å². The van der Waals surface area contributed by atoms with Gasteiger partial charge in [-0.1, -0.05) is 0 Å². The molecule has 0 aromatic carbocycles. The van der Waals surface area contributed by atoms with E-state index in [-0.39, 0.29) is 17.2 Å². The third-order valence-corrected chi connectivity index (χ3v) is 4.14. The smallest absolute Gasteiger partial charge is 0.270 e. The highest BCUT2D eigenvalue weighted by molar-refractivity contribution is 5.93. The predicted octanol–water partition coefficient (Wildman–Crippen LogP) is 0.119. The fourth-order valence-electron chi connectivity index (χ4n) is 3.14. The number of hydrogen-bond donors (Lipinski definition) is 2. The van der Waals surface area contributed by atoms with E-state index in [0.717, 1.165) is 50.0 Å². The number of fused-ring (bicyclic) bond motifs is 1. The van der Waals surface area contributed by atoms with E-state index in [9.17, 15) is 9.59 Å². The van der Waals surface area contributed by atoms with Gasteiger partial charge in [-0.05, 0) is 43.7 Å². The molecule has 1 aromatic rings. The van der Waals surface area contributed by atoms with E-state index in [4.69, 9.17) is 10.6 Å². The lowest BCUT2D eigenvalue weighted by atomic mass is 10.1. The van der Waals surface area contributed by atoms with Crippen LogP contribution in [0.25, 0.3) is 0 Å². The van der Waals surface area contributed by atoms with Crippen molar-refractivity contribution in [2.75, 3.05) is 6.61 Å². The Morgan fingerprint density at radius 2 is 2.30 bits per heavy atom. The highest BCUT2D eigenvalue weighted by Crippen LogP contribution is 2.23. The first-order chi connectivity index (χ1) is 9.70. The summed E-state index contributed by atoms with van der Waals surface area (Å²) in [6.45, 7) is 1.29. The van der Waals surface area contributed by atoms with Gasteiger partial charge in [-0.15, -0.1) is 0 Å². The number of carbonyl (C=O) groups excluding carboxylic acids is 1. The lowest BCUT2D eigenvalue weighted by Crippen LogP contribution is -2.38. The molecule has 1 aliphatic carbocycles. The minimum absolute atomic E-state index is 0.0774. The average Bonchev–Trinajstić information content (AvgIpc) is 3.11. The molecule has 0 bridgehead atoms. The number of aromatic nitrogens is 1. The zero-order valence-electron chi connectivity index (χ0n) is 11.4. The molecule has 3 N–H and O–H groups in total. The van der Waals surface area contributed by atoms with Crippen molar-refractivity contribution in [3.05, 3.63) is 33.2 Å². The van der Waals surface area contributed by atoms with Gasteiger partial charge in [-0.2, -0.15) is 0 Å². The lowest BCUT2D eigenvalue weighted by molar-refractivity contribution is 0.0927. The molecule has 6 nitrogen and oxygen atoms in total. The molecular weight excluding hydrogens is 258 g/mol. The molecule has 108 valence electrons. The Labute approximate surface area is 116 Å². The molecule has 1 amide bonds. The second-order valence-electron chi connectivity index (χ2n) is 5.41. The number of hydrazine groups is 1. The Kier molecular flexibility index (Phi) is 3.58. The molecule has 2 aliphatic rings. The molecule has 1 aliphatic heterocycles. The van der Waals surface area contributed by atoms with Crippen molar-refractivity contribution in [1.29, 1.82) is 0 Å². The minimum Gasteiger partial charge on any atom is -0.376 e. The number of nitrogens with one attached hydrogen (secondary N) is 1. The molecule has 6 heteroatoms. The van der Waals surface area contributed by atoms with Crippen LogP contribution in [0.3, 0.4) is 0 Å². The number of hydrogen-bond acceptors (Lipinski definition) is 4. The number of amides is 1. The van der Waals surface area contributed by atoms with Gasteiger partial charge in [0.1, 0.15) is 5.56 Å². The topological polar surface area (TPSA) is 86.3 Å². The number of carbonyl (C=O) groups is 1. The van der Waals surface area contributed by atoms with Crippen molar-refractivity contribution in [3.8, 4) is 0 Å². The number of aryl methyl sites for hydroxylation is 1. The number of ether oxygens (including phenoxy) is 1. The summed E-state index contributed by atoms with van der Waals surface area (Å²) in [6.07, 6.45) is 4.90. The Morgan fingerprint density at radius 1 is 1.45 bits per heavy atom. The van der Waals surface area contributed by atoms with E-state index in [1.165, 1.54) is 0 Å². The van der Waals surface area contributed by atoms with Crippen LogP contribution >= 0.6 is 0 Å². The maximum atomic E-state index is 12.5. The summed E-state index contributed by atoms with van der Waals surface area (Å²) >= 11 is 0. The summed E-state index contributed by atoms with van der Waals surface area (Å²) in [7, 11) is 0. The van der Waals surface area contributed by atoms with Gasteiger partial charge in [0, 0.05) is 12.3 Å². The van der Waals surface area contributed by atoms with Crippen molar-refractivity contribution < 1.29 is 9.53 Å². The minimum atomic E-state index is -0.522. The first-order valence-electron chi connectivity index (χ1n) is 7.09.